The van der Waals surface area contributed by atoms with Gasteiger partial charge in [0.1, 0.15) is 12.4 Å². The van der Waals surface area contributed by atoms with Gasteiger partial charge in [0.15, 0.2) is 0 Å². The minimum absolute atomic E-state index is 0.0970. The first kappa shape index (κ1) is 27.0. The summed E-state index contributed by atoms with van der Waals surface area (Å²) in [4.78, 5) is 38.8. The third kappa shape index (κ3) is 7.70. The molecule has 3 amide bonds. The largest absolute Gasteiger partial charge is 0.369 e. The SMILES string of the molecule is NC(=O)Cc1ccc(CC(=O)N[C@@H](Cc2ccccc2)C(=O)NCCc2cc(Cl)ccc2-n2cnnn2)s1. The Hall–Kier alpha value is -4.09. The number of aromatic nitrogens is 4. The maximum atomic E-state index is 13.2. The standard InChI is InChI=1S/C26H26ClN7O3S/c27-19-6-9-23(34-16-30-32-33-34)18(13-19)10-11-29-26(37)22(12-17-4-2-1-3-5-17)31-25(36)15-21-8-7-20(38-21)14-24(28)35/h1-9,13,16,22H,10-12,14-15H2,(H2,28,35)(H,29,37)(H,31,36)/t22-/m0/s1. The molecule has 4 rings (SSSR count). The Bertz CT molecular complexity index is 1390. The monoisotopic (exact) mass is 551 g/mol. The van der Waals surface area contributed by atoms with E-state index in [1.54, 1.807) is 18.2 Å². The quantitative estimate of drug-likeness (QED) is 0.246. The molecule has 0 radical (unpaired) electrons. The second kappa shape index (κ2) is 12.9. The second-order valence-corrected chi connectivity index (χ2v) is 10.3. The molecule has 0 unspecified atom stereocenters. The average Bonchev–Trinajstić information content (AvgIpc) is 3.56. The summed E-state index contributed by atoms with van der Waals surface area (Å²) < 4.78 is 1.53. The van der Waals surface area contributed by atoms with E-state index in [9.17, 15) is 14.4 Å². The van der Waals surface area contributed by atoms with Crippen LogP contribution in [0.25, 0.3) is 5.69 Å². The van der Waals surface area contributed by atoms with Crippen molar-refractivity contribution in [3.8, 4) is 5.69 Å². The van der Waals surface area contributed by atoms with Gasteiger partial charge in [-0.1, -0.05) is 41.9 Å². The molecule has 196 valence electrons. The Labute approximate surface area is 228 Å². The van der Waals surface area contributed by atoms with Gasteiger partial charge < -0.3 is 16.4 Å². The fraction of sp³-hybridized carbons (Fsp3) is 0.231. The molecular weight excluding hydrogens is 526 g/mol. The van der Waals surface area contributed by atoms with Gasteiger partial charge in [-0.3, -0.25) is 14.4 Å². The predicted molar refractivity (Wildman–Crippen MR) is 144 cm³/mol. The number of hydrogen-bond acceptors (Lipinski definition) is 7. The first-order valence-corrected chi connectivity index (χ1v) is 13.1. The van der Waals surface area contributed by atoms with E-state index in [0.29, 0.717) is 24.4 Å². The fourth-order valence-corrected chi connectivity index (χ4v) is 5.16. The summed E-state index contributed by atoms with van der Waals surface area (Å²) in [5, 5.41) is 17.6. The number of tetrazole rings is 1. The summed E-state index contributed by atoms with van der Waals surface area (Å²) in [6.45, 7) is 0.316. The molecule has 0 fully saturated rings. The van der Waals surface area contributed by atoms with E-state index in [-0.39, 0.29) is 24.7 Å². The molecule has 0 aliphatic heterocycles. The third-order valence-corrected chi connectivity index (χ3v) is 6.99. The van der Waals surface area contributed by atoms with Crippen molar-refractivity contribution in [2.75, 3.05) is 6.54 Å². The molecule has 4 aromatic rings. The highest BCUT2D eigenvalue weighted by Gasteiger charge is 2.22. The van der Waals surface area contributed by atoms with E-state index >= 15 is 0 Å². The van der Waals surface area contributed by atoms with Crippen molar-refractivity contribution in [2.24, 2.45) is 5.73 Å². The molecule has 4 N–H and O–H groups in total. The number of amides is 3. The van der Waals surface area contributed by atoms with Crippen LogP contribution in [0.4, 0.5) is 0 Å². The molecule has 38 heavy (non-hydrogen) atoms. The third-order valence-electron chi connectivity index (χ3n) is 5.67. The Morgan fingerprint density at radius 1 is 1.03 bits per heavy atom. The van der Waals surface area contributed by atoms with Crippen LogP contribution in [-0.2, 0) is 40.1 Å². The molecule has 0 spiro atoms. The number of rotatable bonds is 12. The summed E-state index contributed by atoms with van der Waals surface area (Å²) in [7, 11) is 0. The van der Waals surface area contributed by atoms with Crippen molar-refractivity contribution in [2.45, 2.75) is 31.7 Å². The van der Waals surface area contributed by atoms with Crippen LogP contribution in [0.2, 0.25) is 5.02 Å². The zero-order valence-corrected chi connectivity index (χ0v) is 21.9. The highest BCUT2D eigenvalue weighted by molar-refractivity contribution is 7.12. The molecule has 0 aliphatic carbocycles. The number of carbonyl (C=O) groups is 3. The maximum absolute atomic E-state index is 13.2. The maximum Gasteiger partial charge on any atom is 0.242 e. The van der Waals surface area contributed by atoms with Crippen molar-refractivity contribution in [1.82, 2.24) is 30.8 Å². The van der Waals surface area contributed by atoms with Gasteiger partial charge in [0, 0.05) is 27.7 Å². The van der Waals surface area contributed by atoms with E-state index < -0.39 is 11.9 Å². The number of primary amides is 1. The average molecular weight is 552 g/mol. The zero-order chi connectivity index (χ0) is 26.9. The number of nitrogens with zero attached hydrogens (tertiary/aromatic N) is 4. The highest BCUT2D eigenvalue weighted by atomic mass is 35.5. The van der Waals surface area contributed by atoms with Gasteiger partial charge in [-0.15, -0.1) is 16.4 Å². The lowest BCUT2D eigenvalue weighted by molar-refractivity contribution is -0.128. The number of nitrogens with one attached hydrogen (secondary N) is 2. The van der Waals surface area contributed by atoms with Crippen molar-refractivity contribution in [3.63, 3.8) is 0 Å². The molecule has 0 saturated carbocycles. The normalized spacial score (nSPS) is 11.6. The first-order chi connectivity index (χ1) is 18.4. The number of nitrogens with two attached hydrogens (primary N) is 1. The van der Waals surface area contributed by atoms with Crippen LogP contribution in [0.1, 0.15) is 20.9 Å². The number of halogens is 1. The van der Waals surface area contributed by atoms with Crippen LogP contribution in [0.15, 0.2) is 67.0 Å². The first-order valence-electron chi connectivity index (χ1n) is 11.9. The summed E-state index contributed by atoms with van der Waals surface area (Å²) in [5.74, 6) is -1.01. The van der Waals surface area contributed by atoms with Gasteiger partial charge in [-0.05, 0) is 58.3 Å². The molecule has 1 atom stereocenters. The van der Waals surface area contributed by atoms with E-state index in [0.717, 1.165) is 26.6 Å². The van der Waals surface area contributed by atoms with Crippen molar-refractivity contribution >= 4 is 40.7 Å². The number of hydrogen-bond donors (Lipinski definition) is 3. The highest BCUT2D eigenvalue weighted by Crippen LogP contribution is 2.20. The van der Waals surface area contributed by atoms with Crippen LogP contribution in [0.5, 0.6) is 0 Å². The minimum Gasteiger partial charge on any atom is -0.369 e. The van der Waals surface area contributed by atoms with E-state index in [2.05, 4.69) is 26.2 Å². The van der Waals surface area contributed by atoms with Crippen LogP contribution in [0.3, 0.4) is 0 Å². The van der Waals surface area contributed by atoms with Gasteiger partial charge in [-0.25, -0.2) is 4.68 Å². The summed E-state index contributed by atoms with van der Waals surface area (Å²) in [5.41, 5.74) is 7.79. The smallest absolute Gasteiger partial charge is 0.242 e. The van der Waals surface area contributed by atoms with Crippen LogP contribution in [-0.4, -0.2) is 50.5 Å². The van der Waals surface area contributed by atoms with Crippen molar-refractivity contribution in [1.29, 1.82) is 0 Å². The summed E-state index contributed by atoms with van der Waals surface area (Å²) >= 11 is 7.55. The molecule has 0 bridgehead atoms. The predicted octanol–water partition coefficient (Wildman–Crippen LogP) is 2.03. The van der Waals surface area contributed by atoms with Gasteiger partial charge in [0.2, 0.25) is 17.7 Å². The van der Waals surface area contributed by atoms with Crippen molar-refractivity contribution in [3.05, 3.63) is 92.9 Å². The topological polar surface area (TPSA) is 145 Å². The second-order valence-electron chi connectivity index (χ2n) is 8.57. The zero-order valence-electron chi connectivity index (χ0n) is 20.3. The van der Waals surface area contributed by atoms with Crippen LogP contribution < -0.4 is 16.4 Å². The molecule has 0 saturated heterocycles. The lowest BCUT2D eigenvalue weighted by Crippen LogP contribution is -2.48. The molecule has 2 heterocycles. The number of benzene rings is 2. The molecule has 12 heteroatoms. The van der Waals surface area contributed by atoms with Crippen LogP contribution in [0, 0.1) is 0 Å². The molecule has 10 nitrogen and oxygen atoms in total. The Morgan fingerprint density at radius 2 is 1.79 bits per heavy atom. The molecule has 0 aliphatic rings. The fourth-order valence-electron chi connectivity index (χ4n) is 3.94. The van der Waals surface area contributed by atoms with Crippen LogP contribution >= 0.6 is 22.9 Å². The van der Waals surface area contributed by atoms with Gasteiger partial charge in [-0.2, -0.15) is 0 Å². The summed E-state index contributed by atoms with van der Waals surface area (Å²) in [6, 6.07) is 17.7. The summed E-state index contributed by atoms with van der Waals surface area (Å²) in [6.07, 6.45) is 2.53. The van der Waals surface area contributed by atoms with Gasteiger partial charge >= 0.3 is 0 Å². The number of carbonyl (C=O) groups excluding carboxylic acids is 3. The Balaban J connectivity index is 1.40. The van der Waals surface area contributed by atoms with Gasteiger partial charge in [0.05, 0.1) is 18.5 Å². The van der Waals surface area contributed by atoms with E-state index in [4.69, 9.17) is 17.3 Å². The van der Waals surface area contributed by atoms with Crippen molar-refractivity contribution < 1.29 is 14.4 Å². The minimum atomic E-state index is -0.770. The molecule has 2 aromatic carbocycles. The van der Waals surface area contributed by atoms with E-state index in [1.807, 2.05) is 42.5 Å². The molecular formula is C26H26ClN7O3S. The number of thiophene rings is 1. The Kier molecular flexibility index (Phi) is 9.17. The molecule has 2 aromatic heterocycles. The lowest BCUT2D eigenvalue weighted by atomic mass is 10.0. The van der Waals surface area contributed by atoms with E-state index in [1.165, 1.54) is 22.3 Å². The Morgan fingerprint density at radius 3 is 2.50 bits per heavy atom. The lowest BCUT2D eigenvalue weighted by Gasteiger charge is -2.19. The van der Waals surface area contributed by atoms with Gasteiger partial charge in [0.25, 0.3) is 0 Å².